The molecule has 2 heterocycles. The van der Waals surface area contributed by atoms with Crippen molar-refractivity contribution in [3.8, 4) is 11.4 Å². The molecule has 1 aromatic carbocycles. The van der Waals surface area contributed by atoms with Crippen molar-refractivity contribution >= 4 is 28.7 Å². The first-order valence-corrected chi connectivity index (χ1v) is 7.93. The lowest BCUT2D eigenvalue weighted by Crippen LogP contribution is -2.16. The molecular formula is C17H19N5O4. The Labute approximate surface area is 148 Å². The van der Waals surface area contributed by atoms with Crippen molar-refractivity contribution in [1.29, 1.82) is 0 Å². The number of aryl methyl sites for hydroxylation is 2. The zero-order valence-corrected chi connectivity index (χ0v) is 14.6. The highest BCUT2D eigenvalue weighted by Crippen LogP contribution is 2.37. The van der Waals surface area contributed by atoms with Crippen molar-refractivity contribution in [2.45, 2.75) is 27.3 Å². The number of rotatable bonds is 4. The van der Waals surface area contributed by atoms with Crippen LogP contribution in [-0.4, -0.2) is 36.4 Å². The second-order valence-electron chi connectivity index (χ2n) is 6.00. The van der Waals surface area contributed by atoms with Gasteiger partial charge in [-0.05, 0) is 32.4 Å². The third-order valence-electron chi connectivity index (χ3n) is 4.47. The quantitative estimate of drug-likeness (QED) is 0.556. The Balaban J connectivity index is 2.57. The standard InChI is InChI=1S/C17H19N5O4/c1-4-21-13(17(25)26)10-11(15(19)24)14(18)22(16(10)20-21)12-7(2)5-6-9(23)8(12)3/h5-6,23H,4,18H2,1-3H3,(H2,19,24)(H,25,26). The van der Waals surface area contributed by atoms with E-state index in [1.54, 1.807) is 26.0 Å². The molecule has 0 unspecified atom stereocenters. The molecule has 0 atom stereocenters. The molecule has 9 nitrogen and oxygen atoms in total. The van der Waals surface area contributed by atoms with E-state index in [2.05, 4.69) is 5.10 Å². The zero-order valence-electron chi connectivity index (χ0n) is 14.6. The van der Waals surface area contributed by atoms with Gasteiger partial charge in [0.25, 0.3) is 5.91 Å². The molecule has 1 amide bonds. The largest absolute Gasteiger partial charge is 0.508 e. The Bertz CT molecular complexity index is 1080. The van der Waals surface area contributed by atoms with Gasteiger partial charge in [0.2, 0.25) is 0 Å². The van der Waals surface area contributed by atoms with Crippen LogP contribution in [-0.2, 0) is 6.54 Å². The number of nitrogens with two attached hydrogens (primary N) is 2. The fourth-order valence-corrected chi connectivity index (χ4v) is 3.28. The number of aromatic carboxylic acids is 1. The maximum Gasteiger partial charge on any atom is 0.354 e. The van der Waals surface area contributed by atoms with Gasteiger partial charge < -0.3 is 21.7 Å². The minimum absolute atomic E-state index is 0.0162. The van der Waals surface area contributed by atoms with E-state index in [1.807, 2.05) is 6.92 Å². The van der Waals surface area contributed by atoms with Gasteiger partial charge in [0.15, 0.2) is 11.3 Å². The molecule has 0 bridgehead atoms. The predicted octanol–water partition coefficient (Wildman–Crippen LogP) is 1.55. The number of carbonyl (C=O) groups excluding carboxylic acids is 1. The minimum Gasteiger partial charge on any atom is -0.508 e. The molecule has 0 saturated carbocycles. The monoisotopic (exact) mass is 357 g/mol. The summed E-state index contributed by atoms with van der Waals surface area (Å²) in [7, 11) is 0. The number of hydrogen-bond acceptors (Lipinski definition) is 5. The number of nitrogens with zero attached hydrogens (tertiary/aromatic N) is 3. The van der Waals surface area contributed by atoms with Gasteiger partial charge in [-0.15, -0.1) is 0 Å². The SMILES string of the molecule is CCn1nc2c(c(C(N)=O)c(N)n2-c2c(C)ccc(O)c2C)c1C(=O)O. The van der Waals surface area contributed by atoms with Crippen LogP contribution < -0.4 is 11.5 Å². The van der Waals surface area contributed by atoms with E-state index in [-0.39, 0.29) is 40.4 Å². The molecule has 9 heteroatoms. The van der Waals surface area contributed by atoms with E-state index in [0.717, 1.165) is 5.56 Å². The van der Waals surface area contributed by atoms with Crippen molar-refractivity contribution in [2.24, 2.45) is 5.73 Å². The number of primary amides is 1. The van der Waals surface area contributed by atoms with Gasteiger partial charge in [-0.25, -0.2) is 4.79 Å². The Kier molecular flexibility index (Phi) is 3.87. The van der Waals surface area contributed by atoms with Gasteiger partial charge in [-0.2, -0.15) is 5.10 Å². The smallest absolute Gasteiger partial charge is 0.354 e. The molecule has 6 N–H and O–H groups in total. The summed E-state index contributed by atoms with van der Waals surface area (Å²) in [5.74, 6) is -2.06. The van der Waals surface area contributed by atoms with Crippen LogP contribution in [0.15, 0.2) is 12.1 Å². The molecule has 0 fully saturated rings. The van der Waals surface area contributed by atoms with Crippen LogP contribution in [0.1, 0.15) is 38.9 Å². The number of carbonyl (C=O) groups is 2. The number of nitrogen functional groups attached to an aromatic ring is 1. The van der Waals surface area contributed by atoms with Gasteiger partial charge in [-0.1, -0.05) is 6.07 Å². The molecule has 2 aromatic heterocycles. The number of phenols is 1. The molecule has 3 rings (SSSR count). The fraction of sp³-hybridized carbons (Fsp3) is 0.235. The van der Waals surface area contributed by atoms with Crippen molar-refractivity contribution in [1.82, 2.24) is 14.3 Å². The van der Waals surface area contributed by atoms with Crippen molar-refractivity contribution in [3.05, 3.63) is 34.5 Å². The Morgan fingerprint density at radius 1 is 1.27 bits per heavy atom. The summed E-state index contributed by atoms with van der Waals surface area (Å²) >= 11 is 0. The van der Waals surface area contributed by atoms with Crippen LogP contribution in [0.25, 0.3) is 16.7 Å². The van der Waals surface area contributed by atoms with Gasteiger partial charge >= 0.3 is 5.97 Å². The predicted molar refractivity (Wildman–Crippen MR) is 95.8 cm³/mol. The van der Waals surface area contributed by atoms with Crippen molar-refractivity contribution < 1.29 is 19.8 Å². The molecule has 136 valence electrons. The Hall–Kier alpha value is -3.49. The molecule has 26 heavy (non-hydrogen) atoms. The van der Waals surface area contributed by atoms with Crippen molar-refractivity contribution in [3.63, 3.8) is 0 Å². The number of benzene rings is 1. The van der Waals surface area contributed by atoms with E-state index >= 15 is 0 Å². The summed E-state index contributed by atoms with van der Waals surface area (Å²) in [6.45, 7) is 5.53. The number of amides is 1. The first-order chi connectivity index (χ1) is 12.2. The topological polar surface area (TPSA) is 149 Å². The van der Waals surface area contributed by atoms with Crippen LogP contribution in [0.5, 0.6) is 5.75 Å². The number of anilines is 1. The van der Waals surface area contributed by atoms with Crippen LogP contribution >= 0.6 is 0 Å². The third kappa shape index (κ3) is 2.20. The minimum atomic E-state index is -1.24. The van der Waals surface area contributed by atoms with Crippen LogP contribution in [0, 0.1) is 13.8 Å². The highest BCUT2D eigenvalue weighted by atomic mass is 16.4. The number of phenolic OH excluding ortho intramolecular Hbond substituents is 1. The number of carboxylic acid groups (broad SMARTS) is 1. The maximum absolute atomic E-state index is 12.0. The number of fused-ring (bicyclic) bond motifs is 1. The molecule has 0 aliphatic carbocycles. The second kappa shape index (κ2) is 5.80. The Morgan fingerprint density at radius 3 is 2.46 bits per heavy atom. The van der Waals surface area contributed by atoms with E-state index in [9.17, 15) is 19.8 Å². The average Bonchev–Trinajstić information content (AvgIpc) is 3.05. The highest BCUT2D eigenvalue weighted by Gasteiger charge is 2.30. The van der Waals surface area contributed by atoms with Gasteiger partial charge in [0.1, 0.15) is 11.6 Å². The lowest BCUT2D eigenvalue weighted by molar-refractivity contribution is 0.0685. The lowest BCUT2D eigenvalue weighted by Gasteiger charge is -2.15. The number of aromatic nitrogens is 3. The maximum atomic E-state index is 12.0. The van der Waals surface area contributed by atoms with E-state index in [4.69, 9.17) is 11.5 Å². The lowest BCUT2D eigenvalue weighted by atomic mass is 10.1. The highest BCUT2D eigenvalue weighted by molar-refractivity contribution is 6.16. The van der Waals surface area contributed by atoms with Crippen molar-refractivity contribution in [2.75, 3.05) is 5.73 Å². The molecular weight excluding hydrogens is 338 g/mol. The molecule has 0 aliphatic heterocycles. The summed E-state index contributed by atoms with van der Waals surface area (Å²) in [4.78, 5) is 23.8. The van der Waals surface area contributed by atoms with Crippen LogP contribution in [0.4, 0.5) is 5.82 Å². The van der Waals surface area contributed by atoms with E-state index in [1.165, 1.54) is 9.25 Å². The van der Waals surface area contributed by atoms with Gasteiger partial charge in [-0.3, -0.25) is 14.0 Å². The number of carboxylic acids is 1. The number of aromatic hydroxyl groups is 1. The molecule has 3 aromatic rings. The summed E-state index contributed by atoms with van der Waals surface area (Å²) in [5.41, 5.74) is 13.4. The second-order valence-corrected chi connectivity index (χ2v) is 6.00. The summed E-state index contributed by atoms with van der Waals surface area (Å²) in [5, 5.41) is 24.1. The Morgan fingerprint density at radius 2 is 1.92 bits per heavy atom. The van der Waals surface area contributed by atoms with Gasteiger partial charge in [0, 0.05) is 12.1 Å². The summed E-state index contributed by atoms with van der Waals surface area (Å²) in [6, 6.07) is 3.25. The van der Waals surface area contributed by atoms with Crippen LogP contribution in [0.2, 0.25) is 0 Å². The van der Waals surface area contributed by atoms with Crippen LogP contribution in [0.3, 0.4) is 0 Å². The molecule has 0 aliphatic rings. The fourth-order valence-electron chi connectivity index (χ4n) is 3.28. The average molecular weight is 357 g/mol. The first kappa shape index (κ1) is 17.3. The molecule has 0 radical (unpaired) electrons. The zero-order chi connectivity index (χ0) is 19.3. The van der Waals surface area contributed by atoms with E-state index < -0.39 is 11.9 Å². The van der Waals surface area contributed by atoms with Gasteiger partial charge in [0.05, 0.1) is 16.6 Å². The first-order valence-electron chi connectivity index (χ1n) is 7.93. The normalized spacial score (nSPS) is 11.2. The molecule has 0 spiro atoms. The third-order valence-corrected chi connectivity index (χ3v) is 4.47. The number of hydrogen-bond donors (Lipinski definition) is 4. The van der Waals surface area contributed by atoms with E-state index in [0.29, 0.717) is 11.3 Å². The summed E-state index contributed by atoms with van der Waals surface area (Å²) in [6.07, 6.45) is 0. The summed E-state index contributed by atoms with van der Waals surface area (Å²) < 4.78 is 2.75. The molecule has 0 saturated heterocycles.